The first-order chi connectivity index (χ1) is 16.1. The lowest BCUT2D eigenvalue weighted by Crippen LogP contribution is -2.40. The van der Waals surface area contributed by atoms with Crippen molar-refractivity contribution in [3.63, 3.8) is 0 Å². The third kappa shape index (κ3) is 4.21. The van der Waals surface area contributed by atoms with Gasteiger partial charge in [0.25, 0.3) is 0 Å². The normalized spacial score (nSPS) is 18.3. The maximum absolute atomic E-state index is 12.7. The van der Waals surface area contributed by atoms with Gasteiger partial charge in [-0.05, 0) is 61.6 Å². The summed E-state index contributed by atoms with van der Waals surface area (Å²) in [6, 6.07) is 7.98. The number of hydrogen-bond acceptors (Lipinski definition) is 5. The van der Waals surface area contributed by atoms with Crippen LogP contribution in [0.1, 0.15) is 31.4 Å². The smallest absolute Gasteiger partial charge is 0.243 e. The number of H-pyrrole nitrogens is 1. The van der Waals surface area contributed by atoms with Crippen molar-refractivity contribution < 1.29 is 9.59 Å². The Labute approximate surface area is 190 Å². The highest BCUT2D eigenvalue weighted by molar-refractivity contribution is 5.97. The van der Waals surface area contributed by atoms with Crippen LogP contribution in [0.25, 0.3) is 27.7 Å². The molecule has 0 saturated heterocycles. The predicted octanol–water partition coefficient (Wildman–Crippen LogP) is 2.75. The van der Waals surface area contributed by atoms with Crippen LogP contribution >= 0.6 is 0 Å². The van der Waals surface area contributed by atoms with Crippen molar-refractivity contribution in [2.75, 3.05) is 0 Å². The molecular formula is C24H25N7O2. The molecule has 0 bridgehead atoms. The summed E-state index contributed by atoms with van der Waals surface area (Å²) in [5, 5.41) is 15.5. The minimum absolute atomic E-state index is 0.0359. The van der Waals surface area contributed by atoms with Gasteiger partial charge < -0.3 is 15.6 Å². The Morgan fingerprint density at radius 1 is 1.15 bits per heavy atom. The molecule has 9 heteroatoms. The van der Waals surface area contributed by atoms with Gasteiger partial charge in [0.1, 0.15) is 5.65 Å². The van der Waals surface area contributed by atoms with Gasteiger partial charge in [-0.1, -0.05) is 6.58 Å². The monoisotopic (exact) mass is 443 g/mol. The van der Waals surface area contributed by atoms with E-state index < -0.39 is 0 Å². The summed E-state index contributed by atoms with van der Waals surface area (Å²) in [7, 11) is 0. The lowest BCUT2D eigenvalue weighted by atomic mass is 9.85. The predicted molar refractivity (Wildman–Crippen MR) is 124 cm³/mol. The number of aromatic nitrogens is 5. The molecule has 0 aromatic carbocycles. The second-order valence-corrected chi connectivity index (χ2v) is 8.35. The summed E-state index contributed by atoms with van der Waals surface area (Å²) in [6.45, 7) is 3.88. The van der Waals surface area contributed by atoms with E-state index >= 15 is 0 Å². The van der Waals surface area contributed by atoms with Crippen LogP contribution in [0.5, 0.6) is 0 Å². The Balaban J connectivity index is 1.26. The van der Waals surface area contributed by atoms with E-state index in [4.69, 9.17) is 0 Å². The quantitative estimate of drug-likeness (QED) is 0.396. The maximum atomic E-state index is 12.7. The van der Waals surface area contributed by atoms with Crippen molar-refractivity contribution in [2.45, 2.75) is 38.3 Å². The number of nitrogens with one attached hydrogen (secondary N) is 3. The van der Waals surface area contributed by atoms with Crippen LogP contribution in [-0.2, 0) is 16.1 Å². The molecule has 5 rings (SSSR count). The largest absolute Gasteiger partial charge is 0.350 e. The molecule has 0 spiro atoms. The average molecular weight is 444 g/mol. The van der Waals surface area contributed by atoms with E-state index in [2.05, 4.69) is 37.4 Å². The molecule has 1 aliphatic carbocycles. The number of amides is 2. The molecule has 0 aliphatic heterocycles. The number of fused-ring (bicyclic) bond motifs is 2. The highest BCUT2D eigenvalue weighted by Crippen LogP contribution is 2.31. The Bertz CT molecular complexity index is 1330. The lowest BCUT2D eigenvalue weighted by Gasteiger charge is -2.28. The highest BCUT2D eigenvalue weighted by Gasteiger charge is 2.26. The van der Waals surface area contributed by atoms with Crippen molar-refractivity contribution >= 4 is 28.4 Å². The topological polar surface area (TPSA) is 117 Å². The zero-order chi connectivity index (χ0) is 22.8. The Morgan fingerprint density at radius 2 is 2.00 bits per heavy atom. The van der Waals surface area contributed by atoms with E-state index in [-0.39, 0.29) is 23.8 Å². The summed E-state index contributed by atoms with van der Waals surface area (Å²) in [5.41, 5.74) is 4.56. The van der Waals surface area contributed by atoms with Crippen LogP contribution in [-0.4, -0.2) is 42.7 Å². The van der Waals surface area contributed by atoms with Gasteiger partial charge in [0, 0.05) is 41.0 Å². The van der Waals surface area contributed by atoms with Crippen LogP contribution in [0, 0.1) is 5.92 Å². The SMILES string of the molecule is C=CC(=O)N[C@H]1CC[C@H](C(=O)NCc2cc3c(-c4cnn5ncccc45)ccnc3[nH]2)CC1. The van der Waals surface area contributed by atoms with Gasteiger partial charge in [-0.15, -0.1) is 0 Å². The van der Waals surface area contributed by atoms with E-state index in [0.717, 1.165) is 59.1 Å². The number of nitrogens with zero attached hydrogens (tertiary/aromatic N) is 4. The number of carbonyl (C=O) groups excluding carboxylic acids is 2. The van der Waals surface area contributed by atoms with Crippen LogP contribution < -0.4 is 10.6 Å². The summed E-state index contributed by atoms with van der Waals surface area (Å²) in [5.74, 6) is -0.148. The highest BCUT2D eigenvalue weighted by atomic mass is 16.2. The zero-order valence-electron chi connectivity index (χ0n) is 18.1. The fraction of sp³-hybridized carbons (Fsp3) is 0.292. The molecule has 4 heterocycles. The summed E-state index contributed by atoms with van der Waals surface area (Å²) < 4.78 is 1.60. The number of hydrogen-bond donors (Lipinski definition) is 3. The van der Waals surface area contributed by atoms with E-state index in [1.165, 1.54) is 6.08 Å². The second-order valence-electron chi connectivity index (χ2n) is 8.35. The van der Waals surface area contributed by atoms with Gasteiger partial charge in [0.2, 0.25) is 11.8 Å². The van der Waals surface area contributed by atoms with Crippen LogP contribution in [0.2, 0.25) is 0 Å². The second kappa shape index (κ2) is 8.85. The molecule has 0 radical (unpaired) electrons. The molecule has 3 N–H and O–H groups in total. The molecule has 1 fully saturated rings. The molecule has 4 aromatic heterocycles. The number of aromatic amines is 1. The minimum Gasteiger partial charge on any atom is -0.350 e. The summed E-state index contributed by atoms with van der Waals surface area (Å²) in [4.78, 5) is 31.9. The number of carbonyl (C=O) groups is 2. The standard InChI is InChI=1S/C24H25N7O2/c1-2-22(32)29-16-7-5-15(6-8-16)24(33)26-13-17-12-19-18(9-11-25-23(19)30-17)20-14-28-31-21(20)4-3-10-27-31/h2-4,9-12,14-16H,1,5-8,13H2,(H,25,30)(H,26,33)(H,29,32)/t15-,16-. The van der Waals surface area contributed by atoms with Gasteiger partial charge in [-0.2, -0.15) is 14.8 Å². The summed E-state index contributed by atoms with van der Waals surface area (Å²) >= 11 is 0. The lowest BCUT2D eigenvalue weighted by molar-refractivity contribution is -0.126. The molecule has 168 valence electrons. The van der Waals surface area contributed by atoms with Gasteiger partial charge in [0.05, 0.1) is 18.3 Å². The van der Waals surface area contributed by atoms with E-state index in [1.807, 2.05) is 24.3 Å². The zero-order valence-corrected chi connectivity index (χ0v) is 18.1. The fourth-order valence-electron chi connectivity index (χ4n) is 4.54. The van der Waals surface area contributed by atoms with Crippen LogP contribution in [0.3, 0.4) is 0 Å². The van der Waals surface area contributed by atoms with Crippen molar-refractivity contribution in [3.8, 4) is 11.1 Å². The van der Waals surface area contributed by atoms with E-state index in [1.54, 1.807) is 23.2 Å². The molecule has 1 saturated carbocycles. The maximum Gasteiger partial charge on any atom is 0.243 e. The molecule has 0 atom stereocenters. The average Bonchev–Trinajstić information content (AvgIpc) is 3.47. The molecular weight excluding hydrogens is 418 g/mol. The molecule has 9 nitrogen and oxygen atoms in total. The Hall–Kier alpha value is -4.01. The first-order valence-electron chi connectivity index (χ1n) is 11.1. The van der Waals surface area contributed by atoms with Gasteiger partial charge in [-0.3, -0.25) is 9.59 Å². The number of rotatable bonds is 6. The van der Waals surface area contributed by atoms with Crippen LogP contribution in [0.15, 0.2) is 55.5 Å². The molecule has 1 aliphatic rings. The Kier molecular flexibility index (Phi) is 5.60. The first-order valence-corrected chi connectivity index (χ1v) is 11.1. The minimum atomic E-state index is -0.157. The van der Waals surface area contributed by atoms with E-state index in [9.17, 15) is 9.59 Å². The molecule has 0 unspecified atom stereocenters. The van der Waals surface area contributed by atoms with Gasteiger partial charge in [0.15, 0.2) is 0 Å². The molecule has 2 amide bonds. The third-order valence-electron chi connectivity index (χ3n) is 6.26. The van der Waals surface area contributed by atoms with Gasteiger partial charge >= 0.3 is 0 Å². The van der Waals surface area contributed by atoms with Crippen molar-refractivity contribution in [1.82, 2.24) is 35.4 Å². The van der Waals surface area contributed by atoms with Crippen LogP contribution in [0.4, 0.5) is 0 Å². The number of pyridine rings is 1. The first kappa shape index (κ1) is 20.9. The Morgan fingerprint density at radius 3 is 2.82 bits per heavy atom. The molecule has 33 heavy (non-hydrogen) atoms. The van der Waals surface area contributed by atoms with Crippen molar-refractivity contribution in [1.29, 1.82) is 0 Å². The van der Waals surface area contributed by atoms with Gasteiger partial charge in [-0.25, -0.2) is 4.98 Å². The fourth-order valence-corrected chi connectivity index (χ4v) is 4.54. The van der Waals surface area contributed by atoms with Crippen molar-refractivity contribution in [3.05, 3.63) is 61.2 Å². The third-order valence-corrected chi connectivity index (χ3v) is 6.26. The molecule has 4 aromatic rings. The van der Waals surface area contributed by atoms with E-state index in [0.29, 0.717) is 6.54 Å². The van der Waals surface area contributed by atoms with Crippen molar-refractivity contribution in [2.24, 2.45) is 5.92 Å². The summed E-state index contributed by atoms with van der Waals surface area (Å²) in [6.07, 6.45) is 9.67.